The molecule has 0 aromatic heterocycles. The van der Waals surface area contributed by atoms with E-state index in [0.717, 1.165) is 4.90 Å². The maximum Gasteiger partial charge on any atom is 0.308 e. The SMILES string of the molecule is CC(=O)Oc1cccc(N2C(=O)c3ccc(Oc4ccc([N+](=O)[O-])cc4)cc3C2=O)c1. The molecule has 31 heavy (non-hydrogen) atoms. The number of nitro groups is 1. The second-order valence-electron chi connectivity index (χ2n) is 6.60. The summed E-state index contributed by atoms with van der Waals surface area (Å²) in [6, 6.07) is 16.0. The highest BCUT2D eigenvalue weighted by molar-refractivity contribution is 6.34. The minimum absolute atomic E-state index is 0.0753. The lowest BCUT2D eigenvalue weighted by Gasteiger charge is -2.14. The molecule has 1 aliphatic rings. The first kappa shape index (κ1) is 19.8. The van der Waals surface area contributed by atoms with Crippen LogP contribution >= 0.6 is 0 Å². The maximum absolute atomic E-state index is 12.9. The largest absolute Gasteiger partial charge is 0.457 e. The van der Waals surface area contributed by atoms with Gasteiger partial charge in [0.15, 0.2) is 0 Å². The minimum atomic E-state index is -0.547. The number of rotatable bonds is 5. The van der Waals surface area contributed by atoms with Gasteiger partial charge < -0.3 is 9.47 Å². The van der Waals surface area contributed by atoms with Crippen molar-refractivity contribution in [3.8, 4) is 17.2 Å². The monoisotopic (exact) mass is 418 g/mol. The van der Waals surface area contributed by atoms with E-state index in [1.165, 1.54) is 55.5 Å². The second kappa shape index (κ2) is 7.71. The van der Waals surface area contributed by atoms with Gasteiger partial charge in [0.25, 0.3) is 17.5 Å². The van der Waals surface area contributed by atoms with Gasteiger partial charge in [0.1, 0.15) is 17.2 Å². The van der Waals surface area contributed by atoms with Gasteiger partial charge in [-0.05, 0) is 42.5 Å². The summed E-state index contributed by atoms with van der Waals surface area (Å²) in [5.41, 5.74) is 0.553. The Hall–Kier alpha value is -4.53. The number of fused-ring (bicyclic) bond motifs is 1. The van der Waals surface area contributed by atoms with E-state index in [-0.39, 0.29) is 28.3 Å². The molecule has 4 rings (SSSR count). The van der Waals surface area contributed by atoms with Crippen molar-refractivity contribution in [3.05, 3.63) is 88.0 Å². The molecule has 0 bridgehead atoms. The van der Waals surface area contributed by atoms with Crippen molar-refractivity contribution in [1.82, 2.24) is 0 Å². The molecule has 2 amide bonds. The van der Waals surface area contributed by atoms with E-state index < -0.39 is 22.7 Å². The van der Waals surface area contributed by atoms with Crippen molar-refractivity contribution < 1.29 is 28.8 Å². The van der Waals surface area contributed by atoms with Gasteiger partial charge >= 0.3 is 5.97 Å². The number of amides is 2. The summed E-state index contributed by atoms with van der Waals surface area (Å²) in [5, 5.41) is 10.8. The summed E-state index contributed by atoms with van der Waals surface area (Å²) < 4.78 is 10.7. The number of esters is 1. The molecule has 1 heterocycles. The number of imide groups is 1. The minimum Gasteiger partial charge on any atom is -0.457 e. The zero-order chi connectivity index (χ0) is 22.1. The molecule has 0 radical (unpaired) electrons. The molecule has 0 spiro atoms. The van der Waals surface area contributed by atoms with Crippen molar-refractivity contribution >= 4 is 29.2 Å². The van der Waals surface area contributed by atoms with Crippen LogP contribution in [0.15, 0.2) is 66.7 Å². The Labute approximate surface area is 175 Å². The Bertz CT molecular complexity index is 1230. The molecule has 9 heteroatoms. The zero-order valence-corrected chi connectivity index (χ0v) is 16.1. The highest BCUT2D eigenvalue weighted by Crippen LogP contribution is 2.33. The number of benzene rings is 3. The van der Waals surface area contributed by atoms with Gasteiger partial charge in [-0.3, -0.25) is 24.5 Å². The number of nitro benzene ring substituents is 1. The quantitative estimate of drug-likeness (QED) is 0.201. The third kappa shape index (κ3) is 3.84. The lowest BCUT2D eigenvalue weighted by atomic mass is 10.1. The van der Waals surface area contributed by atoms with E-state index in [4.69, 9.17) is 9.47 Å². The number of hydrogen-bond donors (Lipinski definition) is 0. The number of ether oxygens (including phenoxy) is 2. The van der Waals surface area contributed by atoms with Crippen LogP contribution in [0.2, 0.25) is 0 Å². The summed E-state index contributed by atoms with van der Waals surface area (Å²) >= 11 is 0. The molecule has 9 nitrogen and oxygen atoms in total. The predicted molar refractivity (Wildman–Crippen MR) is 109 cm³/mol. The van der Waals surface area contributed by atoms with Crippen LogP contribution in [0.25, 0.3) is 0 Å². The molecule has 0 unspecified atom stereocenters. The van der Waals surface area contributed by atoms with Gasteiger partial charge in [-0.2, -0.15) is 0 Å². The summed E-state index contributed by atoms with van der Waals surface area (Å²) in [6.07, 6.45) is 0. The van der Waals surface area contributed by atoms with E-state index in [1.807, 2.05) is 0 Å². The maximum atomic E-state index is 12.9. The lowest BCUT2D eigenvalue weighted by Crippen LogP contribution is -2.29. The Balaban J connectivity index is 1.60. The van der Waals surface area contributed by atoms with Gasteiger partial charge in [0.05, 0.1) is 21.7 Å². The summed E-state index contributed by atoms with van der Waals surface area (Å²) in [7, 11) is 0. The van der Waals surface area contributed by atoms with E-state index in [9.17, 15) is 24.5 Å². The molecule has 0 N–H and O–H groups in total. The third-order valence-corrected chi connectivity index (χ3v) is 4.48. The van der Waals surface area contributed by atoms with Crippen LogP contribution in [0.3, 0.4) is 0 Å². The topological polar surface area (TPSA) is 116 Å². The molecule has 0 saturated heterocycles. The first-order valence-electron chi connectivity index (χ1n) is 9.07. The van der Waals surface area contributed by atoms with E-state index in [2.05, 4.69) is 0 Å². The summed E-state index contributed by atoms with van der Waals surface area (Å²) in [5.74, 6) is -0.732. The molecular weight excluding hydrogens is 404 g/mol. The smallest absolute Gasteiger partial charge is 0.308 e. The van der Waals surface area contributed by atoms with Gasteiger partial charge in [-0.15, -0.1) is 0 Å². The summed E-state index contributed by atoms with van der Waals surface area (Å²) in [6.45, 7) is 1.25. The van der Waals surface area contributed by atoms with Crippen molar-refractivity contribution in [3.63, 3.8) is 0 Å². The Kier molecular flexibility index (Phi) is 4.92. The fraction of sp³-hybridized carbons (Fsp3) is 0.0455. The first-order valence-corrected chi connectivity index (χ1v) is 9.07. The fourth-order valence-electron chi connectivity index (χ4n) is 3.14. The molecule has 0 aliphatic carbocycles. The number of carbonyl (C=O) groups excluding carboxylic acids is 3. The normalized spacial score (nSPS) is 12.5. The van der Waals surface area contributed by atoms with Crippen LogP contribution in [0.1, 0.15) is 27.6 Å². The Morgan fingerprint density at radius 3 is 2.23 bits per heavy atom. The van der Waals surface area contributed by atoms with Crippen LogP contribution in [-0.4, -0.2) is 22.7 Å². The van der Waals surface area contributed by atoms with Crippen LogP contribution in [0, 0.1) is 10.1 Å². The van der Waals surface area contributed by atoms with Crippen molar-refractivity contribution in [2.24, 2.45) is 0 Å². The molecule has 3 aromatic carbocycles. The van der Waals surface area contributed by atoms with E-state index in [1.54, 1.807) is 18.2 Å². The fourth-order valence-corrected chi connectivity index (χ4v) is 3.14. The molecule has 154 valence electrons. The molecule has 1 aliphatic heterocycles. The van der Waals surface area contributed by atoms with Gasteiger partial charge in [-0.25, -0.2) is 4.90 Å². The number of hydrogen-bond acceptors (Lipinski definition) is 7. The lowest BCUT2D eigenvalue weighted by molar-refractivity contribution is -0.384. The van der Waals surface area contributed by atoms with Crippen molar-refractivity contribution in [1.29, 1.82) is 0 Å². The molecule has 3 aromatic rings. The molecule has 0 atom stereocenters. The Morgan fingerprint density at radius 2 is 1.55 bits per heavy atom. The average molecular weight is 418 g/mol. The predicted octanol–water partition coefficient (Wildman–Crippen LogP) is 4.11. The third-order valence-electron chi connectivity index (χ3n) is 4.48. The number of nitrogens with zero attached hydrogens (tertiary/aromatic N) is 2. The number of non-ortho nitro benzene ring substituents is 1. The van der Waals surface area contributed by atoms with Gasteiger partial charge in [0.2, 0.25) is 0 Å². The summed E-state index contributed by atoms with van der Waals surface area (Å²) in [4.78, 5) is 48.1. The van der Waals surface area contributed by atoms with Crippen molar-refractivity contribution in [2.45, 2.75) is 6.92 Å². The average Bonchev–Trinajstić information content (AvgIpc) is 2.98. The van der Waals surface area contributed by atoms with Gasteiger partial charge in [0, 0.05) is 25.1 Å². The Morgan fingerprint density at radius 1 is 0.871 bits per heavy atom. The molecular formula is C22H14N2O7. The molecule has 0 fully saturated rings. The van der Waals surface area contributed by atoms with E-state index >= 15 is 0 Å². The van der Waals surface area contributed by atoms with Gasteiger partial charge in [-0.1, -0.05) is 6.07 Å². The number of carbonyl (C=O) groups is 3. The zero-order valence-electron chi connectivity index (χ0n) is 16.1. The highest BCUT2D eigenvalue weighted by atomic mass is 16.6. The van der Waals surface area contributed by atoms with Crippen LogP contribution in [0.4, 0.5) is 11.4 Å². The van der Waals surface area contributed by atoms with Crippen LogP contribution in [-0.2, 0) is 4.79 Å². The molecule has 0 saturated carbocycles. The second-order valence-corrected chi connectivity index (χ2v) is 6.60. The van der Waals surface area contributed by atoms with Crippen LogP contribution in [0.5, 0.6) is 17.2 Å². The van der Waals surface area contributed by atoms with E-state index in [0.29, 0.717) is 11.5 Å². The number of anilines is 1. The standard InChI is InChI=1S/C22H14N2O7/c1-13(25)30-17-4-2-3-15(11-17)23-21(26)19-10-9-18(12-20(19)22(23)27)31-16-7-5-14(6-8-16)24(28)29/h2-12H,1H3. The highest BCUT2D eigenvalue weighted by Gasteiger charge is 2.37. The van der Waals surface area contributed by atoms with Crippen LogP contribution < -0.4 is 14.4 Å². The first-order chi connectivity index (χ1) is 14.8. The van der Waals surface area contributed by atoms with Crippen molar-refractivity contribution in [2.75, 3.05) is 4.90 Å².